The third kappa shape index (κ3) is 4.25. The van der Waals surface area contributed by atoms with E-state index in [1.165, 1.54) is 31.3 Å². The van der Waals surface area contributed by atoms with Gasteiger partial charge in [-0.2, -0.15) is 0 Å². The Bertz CT molecular complexity index is 1260. The average Bonchev–Trinajstić information content (AvgIpc) is 3.19. The number of ether oxygens (including phenoxy) is 1. The van der Waals surface area contributed by atoms with Crippen molar-refractivity contribution in [2.24, 2.45) is 0 Å². The lowest BCUT2D eigenvalue weighted by Crippen LogP contribution is -2.30. The zero-order chi connectivity index (χ0) is 24.4. The predicted molar refractivity (Wildman–Crippen MR) is 135 cm³/mol. The molecular formula is C28H27N3O4. The van der Waals surface area contributed by atoms with Crippen molar-refractivity contribution in [2.45, 2.75) is 25.3 Å². The standard InChI is InChI=1S/C28H27N3O4/c1-35-23-9-5-7-19(17-23)26(32)24-25(20-8-6-14-29-18-20)31(28(34)27(24)33)22-12-10-21(11-13-22)30-15-3-2-4-16-30/h5-14,17-18,25,32H,2-4,15-16H2,1H3/b26-24+. The Morgan fingerprint density at radius 3 is 2.40 bits per heavy atom. The lowest BCUT2D eigenvalue weighted by Gasteiger charge is -2.30. The maximum atomic E-state index is 13.3. The second-order valence-corrected chi connectivity index (χ2v) is 8.75. The maximum absolute atomic E-state index is 13.3. The Kier molecular flexibility index (Phi) is 6.23. The van der Waals surface area contributed by atoms with E-state index in [-0.39, 0.29) is 11.3 Å². The molecule has 178 valence electrons. The minimum atomic E-state index is -0.810. The van der Waals surface area contributed by atoms with E-state index in [0.29, 0.717) is 22.6 Å². The molecule has 1 atom stereocenters. The smallest absolute Gasteiger partial charge is 0.300 e. The largest absolute Gasteiger partial charge is 0.507 e. The van der Waals surface area contributed by atoms with Crippen LogP contribution in [-0.2, 0) is 9.59 Å². The topological polar surface area (TPSA) is 83.0 Å². The van der Waals surface area contributed by atoms with Gasteiger partial charge in [0.2, 0.25) is 0 Å². The van der Waals surface area contributed by atoms with Gasteiger partial charge in [-0.05, 0) is 67.3 Å². The van der Waals surface area contributed by atoms with Crippen LogP contribution >= 0.6 is 0 Å². The van der Waals surface area contributed by atoms with Crippen LogP contribution in [0.1, 0.15) is 36.4 Å². The number of pyridine rings is 1. The van der Waals surface area contributed by atoms with Crippen molar-refractivity contribution in [3.8, 4) is 5.75 Å². The second kappa shape index (κ2) is 9.62. The average molecular weight is 470 g/mol. The molecule has 0 radical (unpaired) electrons. The number of aliphatic hydroxyl groups is 1. The van der Waals surface area contributed by atoms with Crippen LogP contribution in [0.2, 0.25) is 0 Å². The molecule has 2 aliphatic heterocycles. The minimum absolute atomic E-state index is 0.0244. The zero-order valence-corrected chi connectivity index (χ0v) is 19.6. The quantitative estimate of drug-likeness (QED) is 0.331. The molecule has 0 spiro atoms. The van der Waals surface area contributed by atoms with E-state index >= 15 is 0 Å². The number of ketones is 1. The Hall–Kier alpha value is -4.13. The number of methoxy groups -OCH3 is 1. The highest BCUT2D eigenvalue weighted by Crippen LogP contribution is 2.42. The molecule has 2 fully saturated rings. The molecule has 0 saturated carbocycles. The predicted octanol–water partition coefficient (Wildman–Crippen LogP) is 4.71. The van der Waals surface area contributed by atoms with Gasteiger partial charge in [0.05, 0.1) is 18.7 Å². The summed E-state index contributed by atoms with van der Waals surface area (Å²) >= 11 is 0. The first-order chi connectivity index (χ1) is 17.1. The SMILES string of the molecule is COc1cccc(/C(O)=C2\C(=O)C(=O)N(c3ccc(N4CCCCC4)cc3)C2c2cccnc2)c1. The highest BCUT2D eigenvalue weighted by atomic mass is 16.5. The molecule has 1 aromatic heterocycles. The first kappa shape index (κ1) is 22.7. The van der Waals surface area contributed by atoms with E-state index in [2.05, 4.69) is 9.88 Å². The summed E-state index contributed by atoms with van der Waals surface area (Å²) in [7, 11) is 1.53. The molecule has 2 aliphatic rings. The molecule has 1 N–H and O–H groups in total. The Morgan fingerprint density at radius 2 is 1.71 bits per heavy atom. The lowest BCUT2D eigenvalue weighted by molar-refractivity contribution is -0.132. The van der Waals surface area contributed by atoms with Crippen molar-refractivity contribution in [3.05, 3.63) is 89.8 Å². The van der Waals surface area contributed by atoms with Crippen LogP contribution in [0.25, 0.3) is 5.76 Å². The van der Waals surface area contributed by atoms with Crippen LogP contribution in [0.15, 0.2) is 78.6 Å². The number of aliphatic hydroxyl groups excluding tert-OH is 1. The number of piperidine rings is 1. The fourth-order valence-corrected chi connectivity index (χ4v) is 4.85. The van der Waals surface area contributed by atoms with E-state index in [4.69, 9.17) is 4.74 Å². The molecule has 7 nitrogen and oxygen atoms in total. The van der Waals surface area contributed by atoms with Crippen LogP contribution in [-0.4, -0.2) is 42.0 Å². The molecule has 5 rings (SSSR count). The van der Waals surface area contributed by atoms with E-state index in [0.717, 1.165) is 18.8 Å². The third-order valence-corrected chi connectivity index (χ3v) is 6.64. The molecule has 35 heavy (non-hydrogen) atoms. The normalized spacial score (nSPS) is 19.7. The molecule has 3 heterocycles. The van der Waals surface area contributed by atoms with Crippen LogP contribution in [0.5, 0.6) is 5.75 Å². The van der Waals surface area contributed by atoms with Crippen LogP contribution < -0.4 is 14.5 Å². The monoisotopic (exact) mass is 469 g/mol. The van der Waals surface area contributed by atoms with Gasteiger partial charge in [0.15, 0.2) is 0 Å². The van der Waals surface area contributed by atoms with Crippen LogP contribution in [0.4, 0.5) is 11.4 Å². The van der Waals surface area contributed by atoms with Gasteiger partial charge in [-0.25, -0.2) is 0 Å². The van der Waals surface area contributed by atoms with Crippen LogP contribution in [0.3, 0.4) is 0 Å². The van der Waals surface area contributed by atoms with Gasteiger partial charge in [0.25, 0.3) is 11.7 Å². The molecule has 0 aliphatic carbocycles. The third-order valence-electron chi connectivity index (χ3n) is 6.64. The van der Waals surface area contributed by atoms with E-state index in [1.807, 2.05) is 24.3 Å². The van der Waals surface area contributed by atoms with Gasteiger partial charge >= 0.3 is 0 Å². The number of amides is 1. The molecule has 2 aromatic carbocycles. The number of carbonyl (C=O) groups is 2. The number of nitrogens with zero attached hydrogens (tertiary/aromatic N) is 3. The molecule has 0 bridgehead atoms. The minimum Gasteiger partial charge on any atom is -0.507 e. The van der Waals surface area contributed by atoms with Crippen molar-refractivity contribution >= 4 is 28.8 Å². The molecule has 7 heteroatoms. The van der Waals surface area contributed by atoms with Gasteiger partial charge in [0, 0.05) is 42.4 Å². The van der Waals surface area contributed by atoms with E-state index in [9.17, 15) is 14.7 Å². The first-order valence-electron chi connectivity index (χ1n) is 11.8. The second-order valence-electron chi connectivity index (χ2n) is 8.75. The number of anilines is 2. The van der Waals surface area contributed by atoms with Gasteiger partial charge < -0.3 is 14.7 Å². The van der Waals surface area contributed by atoms with Crippen LogP contribution in [0, 0.1) is 0 Å². The highest BCUT2D eigenvalue weighted by Gasteiger charge is 2.47. The van der Waals surface area contributed by atoms with E-state index < -0.39 is 17.7 Å². The first-order valence-corrected chi connectivity index (χ1v) is 11.8. The summed E-state index contributed by atoms with van der Waals surface area (Å²) in [5.41, 5.74) is 2.75. The Labute approximate surface area is 204 Å². The fraction of sp³-hybridized carbons (Fsp3) is 0.250. The number of benzene rings is 2. The summed E-state index contributed by atoms with van der Waals surface area (Å²) < 4.78 is 5.27. The fourth-order valence-electron chi connectivity index (χ4n) is 4.85. The zero-order valence-electron chi connectivity index (χ0n) is 19.6. The van der Waals surface area contributed by atoms with E-state index in [1.54, 1.807) is 48.8 Å². The Balaban J connectivity index is 1.59. The van der Waals surface area contributed by atoms with Gasteiger partial charge in [-0.3, -0.25) is 19.5 Å². The lowest BCUT2D eigenvalue weighted by atomic mass is 9.96. The van der Waals surface area contributed by atoms with Crippen molar-refractivity contribution in [2.75, 3.05) is 30.0 Å². The van der Waals surface area contributed by atoms with Crippen molar-refractivity contribution < 1.29 is 19.4 Å². The summed E-state index contributed by atoms with van der Waals surface area (Å²) in [6.45, 7) is 2.03. The van der Waals surface area contributed by atoms with Crippen molar-refractivity contribution in [1.82, 2.24) is 4.98 Å². The number of hydrogen-bond donors (Lipinski definition) is 1. The van der Waals surface area contributed by atoms with Gasteiger partial charge in [-0.1, -0.05) is 18.2 Å². The molecule has 1 unspecified atom stereocenters. The van der Waals surface area contributed by atoms with Gasteiger partial charge in [0.1, 0.15) is 11.5 Å². The summed E-state index contributed by atoms with van der Waals surface area (Å²) in [6, 6.07) is 17.2. The number of rotatable bonds is 5. The Morgan fingerprint density at radius 1 is 0.971 bits per heavy atom. The van der Waals surface area contributed by atoms with Gasteiger partial charge in [-0.15, -0.1) is 0 Å². The number of aromatic nitrogens is 1. The molecule has 2 saturated heterocycles. The molecule has 1 amide bonds. The summed E-state index contributed by atoms with van der Waals surface area (Å²) in [6.07, 6.45) is 6.83. The van der Waals surface area contributed by atoms with Crippen molar-refractivity contribution in [1.29, 1.82) is 0 Å². The number of hydrogen-bond acceptors (Lipinski definition) is 6. The highest BCUT2D eigenvalue weighted by molar-refractivity contribution is 6.51. The number of carbonyl (C=O) groups excluding carboxylic acids is 2. The van der Waals surface area contributed by atoms with Crippen molar-refractivity contribution in [3.63, 3.8) is 0 Å². The number of Topliss-reactive ketones (excluding diaryl/α,β-unsaturated/α-hetero) is 1. The summed E-state index contributed by atoms with van der Waals surface area (Å²) in [5.74, 6) is -1.13. The summed E-state index contributed by atoms with van der Waals surface area (Å²) in [4.78, 5) is 34.6. The molecular weight excluding hydrogens is 442 g/mol. The molecule has 3 aromatic rings. The summed E-state index contributed by atoms with van der Waals surface area (Å²) in [5, 5.41) is 11.2. The maximum Gasteiger partial charge on any atom is 0.300 e.